The smallest absolute Gasteiger partial charge is 0.335 e. The molecule has 0 amide bonds. The SMILES string of the molecule is CCc1cc(N(C)C)ccc1C(=O)O.Cc1ccccc1Sc1ccc(C(=O)c2ccccc2)cc1. The number of aryl methyl sites for hydroxylation is 2. The molecule has 0 spiro atoms. The minimum Gasteiger partial charge on any atom is -0.478 e. The van der Waals surface area contributed by atoms with Gasteiger partial charge in [-0.15, -0.1) is 0 Å². The molecule has 4 nitrogen and oxygen atoms in total. The summed E-state index contributed by atoms with van der Waals surface area (Å²) in [7, 11) is 3.88. The highest BCUT2D eigenvalue weighted by Gasteiger charge is 2.10. The highest BCUT2D eigenvalue weighted by Crippen LogP contribution is 2.30. The summed E-state index contributed by atoms with van der Waals surface area (Å²) in [6.45, 7) is 4.07. The van der Waals surface area contributed by atoms with Crippen LogP contribution in [-0.2, 0) is 6.42 Å². The van der Waals surface area contributed by atoms with Crippen molar-refractivity contribution in [1.29, 1.82) is 0 Å². The maximum Gasteiger partial charge on any atom is 0.335 e. The van der Waals surface area contributed by atoms with Gasteiger partial charge in [-0.25, -0.2) is 4.79 Å². The molecule has 0 saturated heterocycles. The van der Waals surface area contributed by atoms with Gasteiger partial charge in [-0.1, -0.05) is 67.2 Å². The van der Waals surface area contributed by atoms with Gasteiger partial charge in [0.1, 0.15) is 0 Å². The first-order chi connectivity index (χ1) is 17.3. The molecule has 0 aliphatic carbocycles. The third kappa shape index (κ3) is 7.09. The Morgan fingerprint density at radius 2 is 1.42 bits per heavy atom. The number of nitrogens with zero attached hydrogens (tertiary/aromatic N) is 1. The molecule has 0 aliphatic rings. The number of carbonyl (C=O) groups is 2. The Balaban J connectivity index is 0.000000223. The minimum atomic E-state index is -0.854. The Hall–Kier alpha value is -3.83. The van der Waals surface area contributed by atoms with Crippen LogP contribution in [-0.4, -0.2) is 31.0 Å². The van der Waals surface area contributed by atoms with Crippen LogP contribution in [0.4, 0.5) is 5.69 Å². The molecule has 1 N–H and O–H groups in total. The van der Waals surface area contributed by atoms with E-state index in [1.165, 1.54) is 10.5 Å². The van der Waals surface area contributed by atoms with Crippen molar-refractivity contribution in [2.75, 3.05) is 19.0 Å². The molecule has 0 heterocycles. The van der Waals surface area contributed by atoms with Crippen LogP contribution in [0.3, 0.4) is 0 Å². The summed E-state index contributed by atoms with van der Waals surface area (Å²) < 4.78 is 0. The molecule has 0 atom stereocenters. The lowest BCUT2D eigenvalue weighted by Crippen LogP contribution is -2.10. The summed E-state index contributed by atoms with van der Waals surface area (Å²) in [5.74, 6) is -0.791. The first-order valence-electron chi connectivity index (χ1n) is 11.8. The molecule has 0 radical (unpaired) electrons. The predicted molar refractivity (Wildman–Crippen MR) is 149 cm³/mol. The predicted octanol–water partition coefficient (Wildman–Crippen LogP) is 7.39. The van der Waals surface area contributed by atoms with E-state index in [4.69, 9.17) is 5.11 Å². The van der Waals surface area contributed by atoms with Crippen LogP contribution >= 0.6 is 11.8 Å². The van der Waals surface area contributed by atoms with Gasteiger partial charge in [0.25, 0.3) is 0 Å². The van der Waals surface area contributed by atoms with E-state index in [0.29, 0.717) is 5.56 Å². The number of anilines is 1. The van der Waals surface area contributed by atoms with Crippen molar-refractivity contribution >= 4 is 29.2 Å². The summed E-state index contributed by atoms with van der Waals surface area (Å²) in [5, 5.41) is 8.91. The molecular formula is C31H31NO3S. The van der Waals surface area contributed by atoms with E-state index in [-0.39, 0.29) is 5.78 Å². The molecule has 0 aromatic heterocycles. The summed E-state index contributed by atoms with van der Waals surface area (Å²) in [4.78, 5) is 27.6. The quantitative estimate of drug-likeness (QED) is 0.270. The van der Waals surface area contributed by atoms with Crippen molar-refractivity contribution < 1.29 is 14.7 Å². The summed E-state index contributed by atoms with van der Waals surface area (Å²) >= 11 is 1.72. The van der Waals surface area contributed by atoms with E-state index in [0.717, 1.165) is 33.7 Å². The molecule has 0 aliphatic heterocycles. The molecule has 0 fully saturated rings. The highest BCUT2D eigenvalue weighted by molar-refractivity contribution is 7.99. The van der Waals surface area contributed by atoms with Gasteiger partial charge in [0.05, 0.1) is 5.56 Å². The van der Waals surface area contributed by atoms with E-state index in [1.807, 2.05) is 105 Å². The molecule has 4 aromatic carbocycles. The number of carboxylic acid groups (broad SMARTS) is 1. The number of carboxylic acids is 1. The molecular weight excluding hydrogens is 466 g/mol. The Morgan fingerprint density at radius 1 is 0.806 bits per heavy atom. The van der Waals surface area contributed by atoms with Crippen molar-refractivity contribution in [1.82, 2.24) is 0 Å². The van der Waals surface area contributed by atoms with Crippen molar-refractivity contribution in [2.45, 2.75) is 30.1 Å². The summed E-state index contributed by atoms with van der Waals surface area (Å²) in [6, 6.07) is 30.9. The van der Waals surface area contributed by atoms with Crippen LogP contribution in [0.1, 0.15) is 44.3 Å². The molecule has 0 saturated carbocycles. The average molecular weight is 498 g/mol. The highest BCUT2D eigenvalue weighted by atomic mass is 32.2. The minimum absolute atomic E-state index is 0.0630. The normalized spacial score (nSPS) is 10.2. The molecule has 5 heteroatoms. The maximum atomic E-state index is 12.4. The molecule has 184 valence electrons. The number of benzene rings is 4. The van der Waals surface area contributed by atoms with Crippen molar-refractivity contribution in [3.05, 3.63) is 125 Å². The van der Waals surface area contributed by atoms with Gasteiger partial charge in [0.2, 0.25) is 0 Å². The topological polar surface area (TPSA) is 57.6 Å². The first-order valence-corrected chi connectivity index (χ1v) is 12.6. The Kier molecular flexibility index (Phi) is 9.48. The lowest BCUT2D eigenvalue weighted by molar-refractivity contribution is 0.0695. The average Bonchev–Trinajstić information content (AvgIpc) is 2.90. The lowest BCUT2D eigenvalue weighted by Gasteiger charge is -2.14. The number of rotatable bonds is 7. The standard InChI is InChI=1S/C20H16OS.C11H15NO2/c1-15-7-5-6-10-19(15)22-18-13-11-17(12-14-18)20(21)16-8-3-2-4-9-16;1-4-8-7-9(12(2)3)5-6-10(8)11(13)14/h2-14H,1H3;5-7H,4H2,1-3H3,(H,13,14). The fourth-order valence-electron chi connectivity index (χ4n) is 3.59. The van der Waals surface area contributed by atoms with Crippen molar-refractivity contribution in [3.8, 4) is 0 Å². The first kappa shape index (κ1) is 26.8. The second-order valence-electron chi connectivity index (χ2n) is 8.48. The van der Waals surface area contributed by atoms with Gasteiger partial charge in [0, 0.05) is 40.7 Å². The second-order valence-corrected chi connectivity index (χ2v) is 9.60. The Bertz CT molecular complexity index is 1320. The van der Waals surface area contributed by atoms with Gasteiger partial charge < -0.3 is 10.0 Å². The van der Waals surface area contributed by atoms with Gasteiger partial charge in [-0.2, -0.15) is 0 Å². The molecule has 0 unspecified atom stereocenters. The number of hydrogen-bond acceptors (Lipinski definition) is 4. The number of carbonyl (C=O) groups excluding carboxylic acids is 1. The van der Waals surface area contributed by atoms with E-state index >= 15 is 0 Å². The zero-order valence-corrected chi connectivity index (χ0v) is 21.9. The number of hydrogen-bond donors (Lipinski definition) is 1. The molecule has 4 aromatic rings. The lowest BCUT2D eigenvalue weighted by atomic mass is 10.0. The number of aromatic carboxylic acids is 1. The van der Waals surface area contributed by atoms with Crippen LogP contribution in [0, 0.1) is 6.92 Å². The van der Waals surface area contributed by atoms with Gasteiger partial charge >= 0.3 is 5.97 Å². The van der Waals surface area contributed by atoms with Gasteiger partial charge in [-0.05, 0) is 73.0 Å². The van der Waals surface area contributed by atoms with Crippen LogP contribution in [0.15, 0.2) is 107 Å². The van der Waals surface area contributed by atoms with Crippen LogP contribution in [0.5, 0.6) is 0 Å². The number of ketones is 1. The van der Waals surface area contributed by atoms with Crippen molar-refractivity contribution in [2.24, 2.45) is 0 Å². The van der Waals surface area contributed by atoms with E-state index in [9.17, 15) is 9.59 Å². The Morgan fingerprint density at radius 3 is 2.00 bits per heavy atom. The van der Waals surface area contributed by atoms with E-state index in [1.54, 1.807) is 17.8 Å². The second kappa shape index (κ2) is 12.8. The van der Waals surface area contributed by atoms with Crippen LogP contribution in [0.2, 0.25) is 0 Å². The maximum absolute atomic E-state index is 12.4. The van der Waals surface area contributed by atoms with Gasteiger partial charge in [-0.3, -0.25) is 4.79 Å². The molecule has 0 bridgehead atoms. The monoisotopic (exact) mass is 497 g/mol. The Labute approximate surface area is 217 Å². The fraction of sp³-hybridized carbons (Fsp3) is 0.161. The third-order valence-corrected chi connectivity index (χ3v) is 6.88. The zero-order valence-electron chi connectivity index (χ0n) is 21.1. The zero-order chi connectivity index (χ0) is 26.1. The van der Waals surface area contributed by atoms with Crippen LogP contribution in [0.25, 0.3) is 0 Å². The van der Waals surface area contributed by atoms with Crippen molar-refractivity contribution in [3.63, 3.8) is 0 Å². The summed E-state index contributed by atoms with van der Waals surface area (Å²) in [6.07, 6.45) is 0.739. The van der Waals surface area contributed by atoms with E-state index in [2.05, 4.69) is 19.1 Å². The van der Waals surface area contributed by atoms with Crippen LogP contribution < -0.4 is 4.90 Å². The summed E-state index contributed by atoms with van der Waals surface area (Å²) in [5.41, 5.74) is 5.02. The van der Waals surface area contributed by atoms with E-state index < -0.39 is 5.97 Å². The third-order valence-electron chi connectivity index (χ3n) is 5.69. The van der Waals surface area contributed by atoms with Gasteiger partial charge in [0.15, 0.2) is 5.78 Å². The molecule has 4 rings (SSSR count). The fourth-order valence-corrected chi connectivity index (χ4v) is 4.49. The largest absolute Gasteiger partial charge is 0.478 e. The molecule has 36 heavy (non-hydrogen) atoms.